The third-order valence-electron chi connectivity index (χ3n) is 5.16. The number of ether oxygens (including phenoxy) is 1. The Morgan fingerprint density at radius 3 is 2.74 bits per heavy atom. The van der Waals surface area contributed by atoms with Crippen molar-refractivity contribution in [1.29, 1.82) is 0 Å². The predicted molar refractivity (Wildman–Crippen MR) is 101 cm³/mol. The number of carbonyl (C=O) groups excluding carboxylic acids is 2. The lowest BCUT2D eigenvalue weighted by Crippen LogP contribution is -2.40. The number of hydrogen-bond acceptors (Lipinski definition) is 5. The number of aryl methyl sites for hydroxylation is 1. The van der Waals surface area contributed by atoms with Gasteiger partial charge in [0.25, 0.3) is 11.5 Å². The van der Waals surface area contributed by atoms with Gasteiger partial charge in [0.15, 0.2) is 6.61 Å². The number of likely N-dealkylation sites (N-methyl/N-ethyl adjacent to an activating group) is 1. The SMILES string of the molecule is CN(C(=O)COC(=O)CCn1cnc2ccccc2c1=O)C1CCCCC1. The van der Waals surface area contributed by atoms with Crippen molar-refractivity contribution < 1.29 is 14.3 Å². The predicted octanol–water partition coefficient (Wildman–Crippen LogP) is 2.12. The Hall–Kier alpha value is -2.70. The number of hydrogen-bond donors (Lipinski definition) is 0. The molecule has 0 bridgehead atoms. The van der Waals surface area contributed by atoms with Gasteiger partial charge in [-0.2, -0.15) is 0 Å². The van der Waals surface area contributed by atoms with Crippen LogP contribution in [0.3, 0.4) is 0 Å². The molecular weight excluding hydrogens is 346 g/mol. The summed E-state index contributed by atoms with van der Waals surface area (Å²) in [7, 11) is 1.77. The summed E-state index contributed by atoms with van der Waals surface area (Å²) in [5, 5.41) is 0.512. The Morgan fingerprint density at radius 1 is 1.22 bits per heavy atom. The zero-order chi connectivity index (χ0) is 19.2. The van der Waals surface area contributed by atoms with Gasteiger partial charge in [-0.3, -0.25) is 19.0 Å². The molecule has 0 unspecified atom stereocenters. The van der Waals surface area contributed by atoms with Gasteiger partial charge in [-0.15, -0.1) is 0 Å². The van der Waals surface area contributed by atoms with Crippen LogP contribution in [-0.2, 0) is 20.9 Å². The second-order valence-electron chi connectivity index (χ2n) is 6.97. The van der Waals surface area contributed by atoms with Crippen LogP contribution < -0.4 is 5.56 Å². The highest BCUT2D eigenvalue weighted by Crippen LogP contribution is 2.21. The molecule has 1 aromatic carbocycles. The highest BCUT2D eigenvalue weighted by atomic mass is 16.5. The molecule has 1 aliphatic rings. The minimum Gasteiger partial charge on any atom is -0.456 e. The molecule has 7 heteroatoms. The van der Waals surface area contributed by atoms with Gasteiger partial charge in [0.1, 0.15) is 0 Å². The smallest absolute Gasteiger partial charge is 0.308 e. The number of aromatic nitrogens is 2. The summed E-state index contributed by atoms with van der Waals surface area (Å²) >= 11 is 0. The number of esters is 1. The van der Waals surface area contributed by atoms with E-state index in [0.717, 1.165) is 25.7 Å². The standard InChI is InChI=1S/C20H25N3O4/c1-22(15-7-3-2-4-8-15)18(24)13-27-19(25)11-12-23-14-21-17-10-6-5-9-16(17)20(23)26/h5-6,9-10,14-15H,2-4,7-8,11-13H2,1H3. The molecule has 3 rings (SSSR count). The number of benzene rings is 1. The Balaban J connectivity index is 1.49. The first-order chi connectivity index (χ1) is 13.1. The van der Waals surface area contributed by atoms with Crippen LogP contribution in [0.15, 0.2) is 35.4 Å². The largest absolute Gasteiger partial charge is 0.456 e. The lowest BCUT2D eigenvalue weighted by Gasteiger charge is -2.31. The first-order valence-corrected chi connectivity index (χ1v) is 9.41. The monoisotopic (exact) mass is 371 g/mol. The fourth-order valence-electron chi connectivity index (χ4n) is 3.47. The summed E-state index contributed by atoms with van der Waals surface area (Å²) in [5.74, 6) is -0.680. The van der Waals surface area contributed by atoms with E-state index in [0.29, 0.717) is 10.9 Å². The van der Waals surface area contributed by atoms with Gasteiger partial charge < -0.3 is 9.64 Å². The van der Waals surface area contributed by atoms with Crippen molar-refractivity contribution in [3.63, 3.8) is 0 Å². The van der Waals surface area contributed by atoms with Gasteiger partial charge in [-0.25, -0.2) is 4.98 Å². The number of rotatable bonds is 6. The summed E-state index contributed by atoms with van der Waals surface area (Å²) in [6.45, 7) is -0.0845. The molecule has 1 aliphatic carbocycles. The van der Waals surface area contributed by atoms with Crippen molar-refractivity contribution in [3.8, 4) is 0 Å². The second kappa shape index (κ2) is 8.79. The average molecular weight is 371 g/mol. The van der Waals surface area contributed by atoms with E-state index in [9.17, 15) is 14.4 Å². The van der Waals surface area contributed by atoms with E-state index >= 15 is 0 Å². The van der Waals surface area contributed by atoms with Gasteiger partial charge in [-0.1, -0.05) is 31.4 Å². The molecule has 1 heterocycles. The van der Waals surface area contributed by atoms with Crippen molar-refractivity contribution >= 4 is 22.8 Å². The number of nitrogens with zero attached hydrogens (tertiary/aromatic N) is 3. The first-order valence-electron chi connectivity index (χ1n) is 9.41. The van der Waals surface area contributed by atoms with E-state index in [1.165, 1.54) is 17.3 Å². The highest BCUT2D eigenvalue weighted by molar-refractivity contribution is 5.80. The van der Waals surface area contributed by atoms with Crippen LogP contribution >= 0.6 is 0 Å². The summed E-state index contributed by atoms with van der Waals surface area (Å²) in [6, 6.07) is 7.31. The molecule has 0 N–H and O–H groups in total. The molecule has 7 nitrogen and oxygen atoms in total. The van der Waals surface area contributed by atoms with Crippen molar-refractivity contribution in [3.05, 3.63) is 40.9 Å². The van der Waals surface area contributed by atoms with Gasteiger partial charge in [-0.05, 0) is 25.0 Å². The Morgan fingerprint density at radius 2 is 1.96 bits per heavy atom. The van der Waals surface area contributed by atoms with Crippen molar-refractivity contribution in [2.45, 2.75) is 51.1 Å². The summed E-state index contributed by atoms with van der Waals surface area (Å²) in [4.78, 5) is 42.5. The molecule has 1 aromatic heterocycles. The Labute approximate surface area is 157 Å². The third kappa shape index (κ3) is 4.72. The Kier molecular flexibility index (Phi) is 6.21. The molecular formula is C20H25N3O4. The molecule has 27 heavy (non-hydrogen) atoms. The van der Waals surface area contributed by atoms with Crippen LogP contribution in [0, 0.1) is 0 Å². The van der Waals surface area contributed by atoms with Crippen LogP contribution in [0.1, 0.15) is 38.5 Å². The number of fused-ring (bicyclic) bond motifs is 1. The van der Waals surface area contributed by atoms with Crippen LogP contribution in [0.4, 0.5) is 0 Å². The van der Waals surface area contributed by atoms with Crippen molar-refractivity contribution in [2.24, 2.45) is 0 Å². The van der Waals surface area contributed by atoms with Gasteiger partial charge in [0.2, 0.25) is 0 Å². The molecule has 0 atom stereocenters. The maximum atomic E-state index is 12.4. The van der Waals surface area contributed by atoms with E-state index in [2.05, 4.69) is 4.98 Å². The average Bonchev–Trinajstić information content (AvgIpc) is 2.71. The van der Waals surface area contributed by atoms with Crippen molar-refractivity contribution in [1.82, 2.24) is 14.5 Å². The molecule has 1 amide bonds. The van der Waals surface area contributed by atoms with Crippen LogP contribution in [0.2, 0.25) is 0 Å². The van der Waals surface area contributed by atoms with E-state index in [4.69, 9.17) is 4.74 Å². The molecule has 0 radical (unpaired) electrons. The molecule has 2 aromatic rings. The third-order valence-corrected chi connectivity index (χ3v) is 5.16. The van der Waals surface area contributed by atoms with Gasteiger partial charge in [0.05, 0.1) is 23.7 Å². The van der Waals surface area contributed by atoms with Gasteiger partial charge >= 0.3 is 5.97 Å². The molecule has 1 fully saturated rings. The molecule has 0 spiro atoms. The topological polar surface area (TPSA) is 81.5 Å². The van der Waals surface area contributed by atoms with E-state index < -0.39 is 5.97 Å². The summed E-state index contributed by atoms with van der Waals surface area (Å²) < 4.78 is 6.49. The lowest BCUT2D eigenvalue weighted by atomic mass is 9.94. The maximum Gasteiger partial charge on any atom is 0.308 e. The highest BCUT2D eigenvalue weighted by Gasteiger charge is 2.22. The molecule has 0 saturated heterocycles. The summed E-state index contributed by atoms with van der Waals surface area (Å²) in [6.07, 6.45) is 6.95. The van der Waals surface area contributed by atoms with Crippen LogP contribution in [0.5, 0.6) is 0 Å². The normalized spacial score (nSPS) is 14.9. The van der Waals surface area contributed by atoms with Crippen LogP contribution in [-0.4, -0.2) is 46.0 Å². The minimum atomic E-state index is -0.500. The molecule has 144 valence electrons. The zero-order valence-electron chi connectivity index (χ0n) is 15.6. The van der Waals surface area contributed by atoms with E-state index in [-0.39, 0.29) is 37.1 Å². The fraction of sp³-hybridized carbons (Fsp3) is 0.500. The first kappa shape index (κ1) is 19.1. The Bertz CT molecular complexity index is 871. The number of carbonyl (C=O) groups is 2. The van der Waals surface area contributed by atoms with Gasteiger partial charge in [0, 0.05) is 19.6 Å². The van der Waals surface area contributed by atoms with E-state index in [1.807, 2.05) is 6.07 Å². The second-order valence-corrected chi connectivity index (χ2v) is 6.97. The number of amides is 1. The number of para-hydroxylation sites is 1. The molecule has 0 aliphatic heterocycles. The van der Waals surface area contributed by atoms with E-state index in [1.54, 1.807) is 30.1 Å². The van der Waals surface area contributed by atoms with Crippen LogP contribution in [0.25, 0.3) is 10.9 Å². The maximum absolute atomic E-state index is 12.4. The fourth-order valence-corrected chi connectivity index (χ4v) is 3.47. The quantitative estimate of drug-likeness (QED) is 0.727. The van der Waals surface area contributed by atoms with Crippen molar-refractivity contribution in [2.75, 3.05) is 13.7 Å². The lowest BCUT2D eigenvalue weighted by molar-refractivity contribution is -0.152. The minimum absolute atomic E-state index is 0.0142. The molecule has 1 saturated carbocycles. The summed E-state index contributed by atoms with van der Waals surface area (Å²) in [5.41, 5.74) is 0.430. The zero-order valence-corrected chi connectivity index (χ0v) is 15.6.